The second kappa shape index (κ2) is 5.07. The summed E-state index contributed by atoms with van der Waals surface area (Å²) in [7, 11) is -2.95. The van der Waals surface area contributed by atoms with Crippen LogP contribution in [0.1, 0.15) is 6.92 Å². The summed E-state index contributed by atoms with van der Waals surface area (Å²) in [6.07, 6.45) is 0.921. The van der Waals surface area contributed by atoms with Gasteiger partial charge in [-0.05, 0) is 12.5 Å². The zero-order valence-electron chi connectivity index (χ0n) is 5.90. The van der Waals surface area contributed by atoms with Gasteiger partial charge in [0.15, 0.2) is 0 Å². The minimum absolute atomic E-state index is 0.124. The average Bonchev–Trinajstić information content (AvgIpc) is 1.82. The Hall–Kier alpha value is -0.640. The van der Waals surface area contributed by atoms with Crippen molar-refractivity contribution in [2.24, 2.45) is 0 Å². The Labute approximate surface area is 64.3 Å². The van der Waals surface area contributed by atoms with Gasteiger partial charge in [0.1, 0.15) is 0 Å². The fraction of sp³-hybridized carbons (Fsp3) is 0.400. The van der Waals surface area contributed by atoms with Crippen LogP contribution in [0.5, 0.6) is 0 Å². The van der Waals surface area contributed by atoms with Crippen LogP contribution in [0.2, 0.25) is 0 Å². The first-order valence-electron chi connectivity index (χ1n) is 2.78. The molecule has 0 saturated carbocycles. The molecule has 64 valence electrons. The third-order valence-electron chi connectivity index (χ3n) is 0.793. The lowest BCUT2D eigenvalue weighted by Gasteiger charge is -1.97. The van der Waals surface area contributed by atoms with E-state index < -0.39 is 14.2 Å². The lowest BCUT2D eigenvalue weighted by Crippen LogP contribution is -1.94. The second-order valence-corrected chi connectivity index (χ2v) is 2.70. The van der Waals surface area contributed by atoms with E-state index in [-0.39, 0.29) is 6.61 Å². The topological polar surface area (TPSA) is 83.8 Å². The number of carboxylic acids is 1. The SMILES string of the molecule is CC(=CC(=O)O)CO[PH](=O)O. The molecule has 0 amide bonds. The maximum atomic E-state index is 9.99. The largest absolute Gasteiger partial charge is 0.478 e. The predicted octanol–water partition coefficient (Wildman–Crippen LogP) is 0.416. The van der Waals surface area contributed by atoms with Crippen LogP contribution in [0.3, 0.4) is 0 Å². The Morgan fingerprint density at radius 1 is 1.73 bits per heavy atom. The minimum atomic E-state index is -2.95. The van der Waals surface area contributed by atoms with E-state index >= 15 is 0 Å². The van der Waals surface area contributed by atoms with Crippen LogP contribution in [0.15, 0.2) is 11.6 Å². The molecule has 0 aromatic rings. The van der Waals surface area contributed by atoms with E-state index in [0.29, 0.717) is 5.57 Å². The highest BCUT2D eigenvalue weighted by Gasteiger charge is 1.96. The van der Waals surface area contributed by atoms with Crippen molar-refractivity contribution in [2.75, 3.05) is 6.61 Å². The molecule has 0 saturated heterocycles. The standard InChI is InChI=1S/C5H9O5P/c1-4(2-5(6)7)3-10-11(8)9/h2,11H,3H2,1H3,(H,6,7)(H,8,9). The van der Waals surface area contributed by atoms with E-state index in [9.17, 15) is 9.36 Å². The van der Waals surface area contributed by atoms with Gasteiger partial charge < -0.3 is 14.5 Å². The predicted molar refractivity (Wildman–Crippen MR) is 38.6 cm³/mol. The maximum Gasteiger partial charge on any atom is 0.328 e. The molecule has 0 aliphatic carbocycles. The molecule has 1 atom stereocenters. The molecule has 1 unspecified atom stereocenters. The van der Waals surface area contributed by atoms with Gasteiger partial charge in [-0.2, -0.15) is 0 Å². The molecule has 0 aliphatic heterocycles. The molecule has 0 fully saturated rings. The van der Waals surface area contributed by atoms with Crippen molar-refractivity contribution in [3.63, 3.8) is 0 Å². The van der Waals surface area contributed by atoms with Crippen LogP contribution in [0, 0.1) is 0 Å². The molecule has 11 heavy (non-hydrogen) atoms. The van der Waals surface area contributed by atoms with Crippen molar-refractivity contribution in [3.8, 4) is 0 Å². The molecule has 0 aliphatic rings. The summed E-state index contributed by atoms with van der Waals surface area (Å²) >= 11 is 0. The molecule has 0 spiro atoms. The second-order valence-electron chi connectivity index (χ2n) is 1.88. The van der Waals surface area contributed by atoms with Crippen molar-refractivity contribution in [3.05, 3.63) is 11.6 Å². The lowest BCUT2D eigenvalue weighted by atomic mass is 10.3. The third-order valence-corrected chi connectivity index (χ3v) is 1.18. The molecule has 0 aromatic carbocycles. The number of hydrogen-bond acceptors (Lipinski definition) is 3. The molecule has 6 heteroatoms. The van der Waals surface area contributed by atoms with Gasteiger partial charge >= 0.3 is 14.2 Å². The Balaban J connectivity index is 3.77. The number of rotatable bonds is 4. The maximum absolute atomic E-state index is 9.99. The molecule has 0 heterocycles. The Kier molecular flexibility index (Phi) is 4.77. The number of aliphatic carboxylic acids is 1. The monoisotopic (exact) mass is 180 g/mol. The zero-order chi connectivity index (χ0) is 8.85. The Morgan fingerprint density at radius 2 is 2.27 bits per heavy atom. The van der Waals surface area contributed by atoms with E-state index in [1.165, 1.54) is 6.92 Å². The van der Waals surface area contributed by atoms with Gasteiger partial charge in [-0.15, -0.1) is 0 Å². The first kappa shape index (κ1) is 10.4. The zero-order valence-corrected chi connectivity index (χ0v) is 6.90. The quantitative estimate of drug-likeness (QED) is 0.483. The first-order chi connectivity index (χ1) is 5.02. The van der Waals surface area contributed by atoms with Gasteiger partial charge in [-0.3, -0.25) is 4.57 Å². The summed E-state index contributed by atoms with van der Waals surface area (Å²) in [4.78, 5) is 18.2. The average molecular weight is 180 g/mol. The van der Waals surface area contributed by atoms with Gasteiger partial charge in [0.25, 0.3) is 0 Å². The lowest BCUT2D eigenvalue weighted by molar-refractivity contribution is -0.131. The molecular formula is C5H9O5P. The van der Waals surface area contributed by atoms with E-state index in [4.69, 9.17) is 10.00 Å². The van der Waals surface area contributed by atoms with Crippen LogP contribution in [-0.4, -0.2) is 22.6 Å². The molecule has 0 aromatic heterocycles. The van der Waals surface area contributed by atoms with Crippen molar-refractivity contribution in [1.82, 2.24) is 0 Å². The van der Waals surface area contributed by atoms with Gasteiger partial charge in [-0.25, -0.2) is 4.79 Å². The van der Waals surface area contributed by atoms with Gasteiger partial charge in [0.05, 0.1) is 6.61 Å². The number of carboxylic acid groups (broad SMARTS) is 1. The highest BCUT2D eigenvalue weighted by Crippen LogP contribution is 2.15. The summed E-state index contributed by atoms with van der Waals surface area (Å²) < 4.78 is 14.3. The van der Waals surface area contributed by atoms with E-state index in [2.05, 4.69) is 4.52 Å². The Bertz CT molecular complexity index is 197. The molecule has 0 rings (SSSR count). The van der Waals surface area contributed by atoms with Crippen LogP contribution >= 0.6 is 8.25 Å². The van der Waals surface area contributed by atoms with E-state index in [1.54, 1.807) is 0 Å². The molecular weight excluding hydrogens is 171 g/mol. The van der Waals surface area contributed by atoms with Crippen molar-refractivity contribution < 1.29 is 23.9 Å². The summed E-state index contributed by atoms with van der Waals surface area (Å²) in [6.45, 7) is 1.37. The van der Waals surface area contributed by atoms with Crippen molar-refractivity contribution in [2.45, 2.75) is 6.92 Å². The van der Waals surface area contributed by atoms with Gasteiger partial charge in [-0.1, -0.05) is 0 Å². The van der Waals surface area contributed by atoms with Crippen LogP contribution in [0.25, 0.3) is 0 Å². The van der Waals surface area contributed by atoms with Crippen LogP contribution < -0.4 is 0 Å². The highest BCUT2D eigenvalue weighted by molar-refractivity contribution is 7.32. The van der Waals surface area contributed by atoms with E-state index in [1.807, 2.05) is 0 Å². The molecule has 0 bridgehead atoms. The molecule has 2 N–H and O–H groups in total. The molecule has 5 nitrogen and oxygen atoms in total. The number of carbonyl (C=O) groups is 1. The normalized spacial score (nSPS) is 14.5. The number of hydrogen-bond donors (Lipinski definition) is 2. The van der Waals surface area contributed by atoms with Crippen molar-refractivity contribution >= 4 is 14.2 Å². The van der Waals surface area contributed by atoms with Crippen molar-refractivity contribution in [1.29, 1.82) is 0 Å². The third kappa shape index (κ3) is 7.25. The van der Waals surface area contributed by atoms with Crippen LogP contribution in [0.4, 0.5) is 0 Å². The van der Waals surface area contributed by atoms with E-state index in [0.717, 1.165) is 6.08 Å². The summed E-state index contributed by atoms with van der Waals surface area (Å²) in [6, 6.07) is 0. The fourth-order valence-electron chi connectivity index (χ4n) is 0.428. The summed E-state index contributed by atoms with van der Waals surface area (Å²) in [5.41, 5.74) is 0.393. The van der Waals surface area contributed by atoms with Crippen LogP contribution in [-0.2, 0) is 13.9 Å². The Morgan fingerprint density at radius 3 is 2.64 bits per heavy atom. The first-order valence-corrected chi connectivity index (χ1v) is 4.04. The molecule has 0 radical (unpaired) electrons. The summed E-state index contributed by atoms with van der Waals surface area (Å²) in [5, 5.41) is 8.18. The fourth-order valence-corrected chi connectivity index (χ4v) is 0.779. The smallest absolute Gasteiger partial charge is 0.328 e. The van der Waals surface area contributed by atoms with Gasteiger partial charge in [0, 0.05) is 6.08 Å². The van der Waals surface area contributed by atoms with Gasteiger partial charge in [0.2, 0.25) is 0 Å². The highest BCUT2D eigenvalue weighted by atomic mass is 31.1. The summed E-state index contributed by atoms with van der Waals surface area (Å²) in [5.74, 6) is -1.09. The minimum Gasteiger partial charge on any atom is -0.478 e.